The second-order valence-electron chi connectivity index (χ2n) is 7.62. The largest absolute Gasteiger partial charge is 0.733 e. The van der Waals surface area contributed by atoms with Gasteiger partial charge in [-0.25, -0.2) is 4.79 Å². The van der Waals surface area contributed by atoms with Crippen LogP contribution in [0.25, 0.3) is 0 Å². The maximum absolute atomic E-state index is 12.7. The van der Waals surface area contributed by atoms with E-state index in [-0.39, 0.29) is 46.1 Å². The lowest BCUT2D eigenvalue weighted by molar-refractivity contribution is -0.134. The summed E-state index contributed by atoms with van der Waals surface area (Å²) in [5.41, 5.74) is -0.172. The first-order valence-corrected chi connectivity index (χ1v) is 8.56. The Balaban J connectivity index is 1.90. The molecule has 0 bridgehead atoms. The third-order valence-corrected chi connectivity index (χ3v) is 6.23. The molecule has 0 radical (unpaired) electrons. The number of carbonyl (C=O) groups excluding carboxylic acids is 2. The van der Waals surface area contributed by atoms with Crippen molar-refractivity contribution in [1.29, 1.82) is 0 Å². The van der Waals surface area contributed by atoms with Gasteiger partial charge in [-0.1, -0.05) is 27.7 Å². The maximum atomic E-state index is 12.7. The molecule has 1 saturated carbocycles. The van der Waals surface area contributed by atoms with Crippen LogP contribution in [0.2, 0.25) is 0 Å². The number of hydrogen-bond donors (Lipinski definition) is 1. The van der Waals surface area contributed by atoms with E-state index in [0.29, 0.717) is 5.92 Å². The quantitative estimate of drug-likeness (QED) is 0.618. The Labute approximate surface area is 148 Å². The summed E-state index contributed by atoms with van der Waals surface area (Å²) < 4.78 is 5.18. The van der Waals surface area contributed by atoms with Crippen molar-refractivity contribution in [1.82, 2.24) is 0 Å². The molecule has 1 aromatic rings. The Hall–Kier alpha value is -1.92. The van der Waals surface area contributed by atoms with E-state index in [9.17, 15) is 14.8 Å². The number of hydrogen-bond acceptors (Lipinski definition) is 6. The predicted molar refractivity (Wildman–Crippen MR) is 94.3 cm³/mol. The van der Waals surface area contributed by atoms with Gasteiger partial charge in [0.1, 0.15) is 5.78 Å². The fourth-order valence-corrected chi connectivity index (χ4v) is 3.55. The molecule has 0 amide bonds. The highest BCUT2D eigenvalue weighted by Crippen LogP contribution is 2.56. The molecule has 2 atom stereocenters. The Morgan fingerprint density at radius 2 is 1.88 bits per heavy atom. The van der Waals surface area contributed by atoms with E-state index in [1.807, 2.05) is 6.92 Å². The molecule has 1 fully saturated rings. The van der Waals surface area contributed by atoms with Gasteiger partial charge in [0.15, 0.2) is 0 Å². The van der Waals surface area contributed by atoms with Crippen LogP contribution in [0.15, 0.2) is 24.3 Å². The zero-order chi connectivity index (χ0) is 18.8. The van der Waals surface area contributed by atoms with Crippen LogP contribution in [0.3, 0.4) is 0 Å². The average Bonchev–Trinajstić information content (AvgIpc) is 2.78. The van der Waals surface area contributed by atoms with E-state index >= 15 is 0 Å². The number of esters is 1. The molecule has 1 aromatic carbocycles. The molecular formula is C19H26NO5-. The van der Waals surface area contributed by atoms with Crippen molar-refractivity contribution in [2.45, 2.75) is 47.0 Å². The van der Waals surface area contributed by atoms with Crippen LogP contribution in [0.4, 0.5) is 5.69 Å². The van der Waals surface area contributed by atoms with Gasteiger partial charge in [-0.2, -0.15) is 0 Å². The molecule has 2 rings (SSSR count). The Morgan fingerprint density at radius 3 is 2.36 bits per heavy atom. The number of Topliss-reactive ketones (excluding diaryl/α,β-unsaturated/α-hetero) is 1. The maximum Gasteiger partial charge on any atom is 0.338 e. The van der Waals surface area contributed by atoms with E-state index in [1.54, 1.807) is 0 Å². The van der Waals surface area contributed by atoms with Crippen molar-refractivity contribution in [3.05, 3.63) is 35.0 Å². The van der Waals surface area contributed by atoms with Crippen molar-refractivity contribution in [2.75, 3.05) is 11.8 Å². The minimum atomic E-state index is -0.557. The van der Waals surface area contributed by atoms with Crippen LogP contribution in [0.1, 0.15) is 57.3 Å². The van der Waals surface area contributed by atoms with Crippen LogP contribution < -0.4 is 5.23 Å². The van der Waals surface area contributed by atoms with E-state index < -0.39 is 5.97 Å². The first-order chi connectivity index (χ1) is 11.6. The molecule has 1 aliphatic carbocycles. The zero-order valence-electron chi connectivity index (χ0n) is 15.2. The van der Waals surface area contributed by atoms with Gasteiger partial charge in [0.05, 0.1) is 17.9 Å². The third-order valence-electron chi connectivity index (χ3n) is 6.23. The number of anilines is 1. The van der Waals surface area contributed by atoms with Crippen molar-refractivity contribution in [2.24, 2.45) is 16.7 Å². The number of carbonyl (C=O) groups is 2. The van der Waals surface area contributed by atoms with E-state index in [0.717, 1.165) is 12.8 Å². The van der Waals surface area contributed by atoms with Crippen LogP contribution in [-0.2, 0) is 9.53 Å². The lowest BCUT2D eigenvalue weighted by atomic mass is 9.63. The Morgan fingerprint density at radius 1 is 1.28 bits per heavy atom. The molecule has 6 heteroatoms. The SMILES string of the molecule is C[C@@H]1CC[C@](C)(C(=O)CCOC(=O)c2ccc(N([O-])O)cc2)C1(C)C. The fraction of sp³-hybridized carbons (Fsp3) is 0.579. The van der Waals surface area contributed by atoms with Gasteiger partial charge in [-0.05, 0) is 48.4 Å². The molecule has 6 nitrogen and oxygen atoms in total. The Bertz CT molecular complexity index is 638. The summed E-state index contributed by atoms with van der Waals surface area (Å²) in [6, 6.07) is 5.42. The zero-order valence-corrected chi connectivity index (χ0v) is 15.2. The fourth-order valence-electron chi connectivity index (χ4n) is 3.55. The molecule has 0 heterocycles. The van der Waals surface area contributed by atoms with Gasteiger partial charge in [-0.15, -0.1) is 0 Å². The number of ketones is 1. The summed E-state index contributed by atoms with van der Waals surface area (Å²) in [6.45, 7) is 8.50. The number of benzene rings is 1. The molecule has 0 spiro atoms. The predicted octanol–water partition coefficient (Wildman–Crippen LogP) is 3.96. The lowest BCUT2D eigenvalue weighted by Gasteiger charge is -2.39. The van der Waals surface area contributed by atoms with Gasteiger partial charge in [-0.3, -0.25) is 10.0 Å². The van der Waals surface area contributed by atoms with Gasteiger partial charge in [0.2, 0.25) is 0 Å². The van der Waals surface area contributed by atoms with Crippen molar-refractivity contribution < 1.29 is 19.5 Å². The molecule has 1 N–H and O–H groups in total. The topological polar surface area (TPSA) is 89.9 Å². The minimum absolute atomic E-state index is 0.0252. The summed E-state index contributed by atoms with van der Waals surface area (Å²) in [7, 11) is 0. The van der Waals surface area contributed by atoms with Gasteiger partial charge >= 0.3 is 5.97 Å². The van der Waals surface area contributed by atoms with Gasteiger partial charge < -0.3 is 15.2 Å². The number of ether oxygens (including phenoxy) is 1. The smallest absolute Gasteiger partial charge is 0.338 e. The van der Waals surface area contributed by atoms with Gasteiger partial charge in [0, 0.05) is 11.8 Å². The van der Waals surface area contributed by atoms with Crippen molar-refractivity contribution in [3.63, 3.8) is 0 Å². The molecule has 1 aliphatic rings. The van der Waals surface area contributed by atoms with Gasteiger partial charge in [0.25, 0.3) is 0 Å². The molecular weight excluding hydrogens is 322 g/mol. The normalized spacial score (nSPS) is 24.8. The first-order valence-electron chi connectivity index (χ1n) is 8.56. The van der Waals surface area contributed by atoms with E-state index in [4.69, 9.17) is 9.94 Å². The van der Waals surface area contributed by atoms with Crippen molar-refractivity contribution >= 4 is 17.4 Å². The second kappa shape index (κ2) is 7.14. The molecule has 0 aromatic heterocycles. The van der Waals surface area contributed by atoms with Crippen LogP contribution in [0.5, 0.6) is 0 Å². The summed E-state index contributed by atoms with van der Waals surface area (Å²) in [5.74, 6) is 0.0563. The highest BCUT2D eigenvalue weighted by atomic mass is 16.8. The summed E-state index contributed by atoms with van der Waals surface area (Å²) in [6.07, 6.45) is 2.09. The summed E-state index contributed by atoms with van der Waals surface area (Å²) >= 11 is 0. The average molecular weight is 348 g/mol. The van der Waals surface area contributed by atoms with Crippen LogP contribution in [-0.4, -0.2) is 23.6 Å². The van der Waals surface area contributed by atoms with Crippen LogP contribution in [0, 0.1) is 22.0 Å². The molecule has 25 heavy (non-hydrogen) atoms. The van der Waals surface area contributed by atoms with Crippen molar-refractivity contribution in [3.8, 4) is 0 Å². The lowest BCUT2D eigenvalue weighted by Crippen LogP contribution is -2.40. The van der Waals surface area contributed by atoms with E-state index in [2.05, 4.69) is 20.8 Å². The third kappa shape index (κ3) is 3.70. The van der Waals surface area contributed by atoms with Crippen LogP contribution >= 0.6 is 0 Å². The molecule has 0 aliphatic heterocycles. The Kier molecular flexibility index (Phi) is 5.54. The summed E-state index contributed by atoms with van der Waals surface area (Å²) in [4.78, 5) is 24.7. The highest BCUT2D eigenvalue weighted by molar-refractivity contribution is 5.90. The molecule has 0 unspecified atom stereocenters. The summed E-state index contributed by atoms with van der Waals surface area (Å²) in [5, 5.41) is 19.2. The first kappa shape index (κ1) is 19.4. The monoisotopic (exact) mass is 348 g/mol. The number of rotatable bonds is 6. The minimum Gasteiger partial charge on any atom is -0.733 e. The standard InChI is InChI=1S/C19H26NO5/c1-13-9-11-19(4,18(13,2)3)16(21)10-12-25-17(22)14-5-7-15(8-6-14)20(23)24/h5-8,13,23H,9-12H2,1-4H3/q-1/t13-,19-/m1/s1. The molecule has 0 saturated heterocycles. The number of nitrogens with zero attached hydrogens (tertiary/aromatic N) is 1. The highest BCUT2D eigenvalue weighted by Gasteiger charge is 2.53. The van der Waals surface area contributed by atoms with E-state index in [1.165, 1.54) is 24.3 Å². The molecule has 138 valence electrons. The second-order valence-corrected chi connectivity index (χ2v) is 7.62.